The number of hydrogen-bond donors (Lipinski definition) is 0. The highest BCUT2D eigenvalue weighted by atomic mass is 35.6. The van der Waals surface area contributed by atoms with E-state index in [1.165, 1.54) is 5.56 Å². The second-order valence-electron chi connectivity index (χ2n) is 4.49. The molecule has 1 aromatic heterocycles. The van der Waals surface area contributed by atoms with Crippen molar-refractivity contribution in [1.82, 2.24) is 15.0 Å². The summed E-state index contributed by atoms with van der Waals surface area (Å²) in [6.45, 7) is 3.85. The third-order valence-corrected chi connectivity index (χ3v) is 3.34. The summed E-state index contributed by atoms with van der Waals surface area (Å²) in [5.41, 5.74) is 2.35. The van der Waals surface area contributed by atoms with E-state index in [1.54, 1.807) is 13.0 Å². The quantitative estimate of drug-likeness (QED) is 0.756. The predicted molar refractivity (Wildman–Crippen MR) is 88.5 cm³/mol. The number of halogens is 3. The first kappa shape index (κ1) is 16.2. The van der Waals surface area contributed by atoms with Gasteiger partial charge in [-0.2, -0.15) is 0 Å². The first-order valence-electron chi connectivity index (χ1n) is 6.45. The molecule has 0 spiro atoms. The van der Waals surface area contributed by atoms with Crippen LogP contribution in [0.15, 0.2) is 24.3 Å². The first-order chi connectivity index (χ1) is 9.88. The molecule has 1 aromatic carbocycles. The molecule has 6 heteroatoms. The van der Waals surface area contributed by atoms with E-state index in [-0.39, 0.29) is 5.82 Å². The van der Waals surface area contributed by atoms with Gasteiger partial charge in [-0.3, -0.25) is 0 Å². The van der Waals surface area contributed by atoms with Crippen LogP contribution in [0.1, 0.15) is 35.5 Å². The van der Waals surface area contributed by atoms with Crippen LogP contribution in [0.3, 0.4) is 0 Å². The summed E-state index contributed by atoms with van der Waals surface area (Å²) in [7, 11) is 0. The fraction of sp³-hybridized carbons (Fsp3) is 0.267. The van der Waals surface area contributed by atoms with Crippen molar-refractivity contribution in [2.24, 2.45) is 0 Å². The van der Waals surface area contributed by atoms with Crippen molar-refractivity contribution < 1.29 is 0 Å². The Morgan fingerprint density at radius 3 is 2.24 bits per heavy atom. The summed E-state index contributed by atoms with van der Waals surface area (Å²) >= 11 is 17.4. The molecule has 0 aliphatic heterocycles. The van der Waals surface area contributed by atoms with E-state index in [2.05, 4.69) is 34.0 Å². The molecule has 0 saturated carbocycles. The van der Waals surface area contributed by atoms with E-state index >= 15 is 0 Å². The molecule has 2 aromatic rings. The minimum Gasteiger partial charge on any atom is -0.214 e. The smallest absolute Gasteiger partial charge is 0.214 e. The molecular weight excluding hydrogens is 329 g/mol. The molecule has 0 aliphatic rings. The molecule has 0 atom stereocenters. The fourth-order valence-corrected chi connectivity index (χ4v) is 1.99. The lowest BCUT2D eigenvalue weighted by Gasteiger charge is -2.09. The minimum absolute atomic E-state index is 0.126. The van der Waals surface area contributed by atoms with Crippen LogP contribution in [-0.4, -0.2) is 15.0 Å². The number of benzene rings is 1. The monoisotopic (exact) mass is 341 g/mol. The zero-order valence-electron chi connectivity index (χ0n) is 11.6. The number of hydrogen-bond acceptors (Lipinski definition) is 3. The fourth-order valence-electron chi connectivity index (χ4n) is 1.74. The second-order valence-corrected chi connectivity index (χ2v) is 6.77. The normalized spacial score (nSPS) is 12.0. The topological polar surface area (TPSA) is 38.7 Å². The summed E-state index contributed by atoms with van der Waals surface area (Å²) in [6.07, 6.45) is 4.70. The largest absolute Gasteiger partial charge is 0.250 e. The van der Waals surface area contributed by atoms with Crippen LogP contribution < -0.4 is 0 Å². The third kappa shape index (κ3) is 4.67. The highest BCUT2D eigenvalue weighted by Crippen LogP contribution is 2.35. The van der Waals surface area contributed by atoms with Gasteiger partial charge in [0.1, 0.15) is 5.82 Å². The van der Waals surface area contributed by atoms with Crippen LogP contribution in [-0.2, 0) is 10.2 Å². The molecule has 0 unspecified atom stereocenters. The lowest BCUT2D eigenvalue weighted by Crippen LogP contribution is -2.11. The predicted octanol–water partition coefficient (Wildman–Crippen LogP) is 4.74. The van der Waals surface area contributed by atoms with Crippen molar-refractivity contribution in [3.63, 3.8) is 0 Å². The van der Waals surface area contributed by atoms with Gasteiger partial charge < -0.3 is 0 Å². The van der Waals surface area contributed by atoms with E-state index in [1.807, 2.05) is 18.2 Å². The third-order valence-electron chi connectivity index (χ3n) is 2.83. The molecule has 0 bridgehead atoms. The Bertz CT molecular complexity index is 646. The molecular formula is C15H14Cl3N3. The minimum atomic E-state index is -1.65. The van der Waals surface area contributed by atoms with Gasteiger partial charge in [-0.25, -0.2) is 15.0 Å². The number of rotatable bonds is 3. The van der Waals surface area contributed by atoms with Crippen molar-refractivity contribution in [2.75, 3.05) is 0 Å². The average Bonchev–Trinajstić information content (AvgIpc) is 2.44. The maximum atomic E-state index is 5.81. The molecule has 0 amide bonds. The summed E-state index contributed by atoms with van der Waals surface area (Å²) in [6, 6.07) is 8.26. The maximum Gasteiger partial charge on any atom is 0.250 e. The Balaban J connectivity index is 2.25. The van der Waals surface area contributed by atoms with E-state index < -0.39 is 3.79 Å². The van der Waals surface area contributed by atoms with Gasteiger partial charge in [0.05, 0.1) is 0 Å². The summed E-state index contributed by atoms with van der Waals surface area (Å²) in [4.78, 5) is 12.4. The van der Waals surface area contributed by atoms with Crippen LogP contribution in [0.2, 0.25) is 0 Å². The van der Waals surface area contributed by atoms with Crippen molar-refractivity contribution in [2.45, 2.75) is 24.1 Å². The Labute approximate surface area is 139 Å². The molecule has 0 radical (unpaired) electrons. The Kier molecular flexibility index (Phi) is 5.20. The van der Waals surface area contributed by atoms with Crippen molar-refractivity contribution in [1.29, 1.82) is 0 Å². The zero-order valence-corrected chi connectivity index (χ0v) is 13.9. The Morgan fingerprint density at radius 1 is 1.00 bits per heavy atom. The molecule has 1 heterocycles. The summed E-state index contributed by atoms with van der Waals surface area (Å²) < 4.78 is -1.65. The number of nitrogens with zero attached hydrogens (tertiary/aromatic N) is 3. The van der Waals surface area contributed by atoms with Crippen molar-refractivity contribution >= 4 is 47.0 Å². The Morgan fingerprint density at radius 2 is 1.67 bits per heavy atom. The second kappa shape index (κ2) is 6.73. The molecule has 0 N–H and O–H groups in total. The van der Waals surface area contributed by atoms with Crippen molar-refractivity contribution in [3.05, 3.63) is 52.9 Å². The highest BCUT2D eigenvalue weighted by molar-refractivity contribution is 6.66. The first-order valence-corrected chi connectivity index (χ1v) is 7.59. The van der Waals surface area contributed by atoms with Gasteiger partial charge in [-0.05, 0) is 30.5 Å². The Hall–Kier alpha value is -1.16. The number of aromatic nitrogens is 3. The molecule has 0 saturated heterocycles. The molecule has 0 aliphatic carbocycles. The van der Waals surface area contributed by atoms with Gasteiger partial charge >= 0.3 is 0 Å². The van der Waals surface area contributed by atoms with Crippen LogP contribution in [0.25, 0.3) is 12.2 Å². The van der Waals surface area contributed by atoms with Crippen LogP contribution in [0, 0.1) is 6.92 Å². The van der Waals surface area contributed by atoms with Crippen LogP contribution in [0.4, 0.5) is 0 Å². The average molecular weight is 343 g/mol. The van der Waals surface area contributed by atoms with Gasteiger partial charge in [-0.15, -0.1) is 0 Å². The van der Waals surface area contributed by atoms with Gasteiger partial charge in [0.15, 0.2) is 11.6 Å². The summed E-state index contributed by atoms with van der Waals surface area (Å²) in [5.74, 6) is 1.09. The van der Waals surface area contributed by atoms with Gasteiger partial charge in [0.25, 0.3) is 0 Å². The van der Waals surface area contributed by atoms with Gasteiger partial charge in [0, 0.05) is 0 Å². The summed E-state index contributed by atoms with van der Waals surface area (Å²) in [5, 5.41) is 0. The zero-order chi connectivity index (χ0) is 15.5. The van der Waals surface area contributed by atoms with Crippen LogP contribution >= 0.6 is 34.8 Å². The van der Waals surface area contributed by atoms with E-state index in [0.29, 0.717) is 11.6 Å². The highest BCUT2D eigenvalue weighted by Gasteiger charge is 2.27. The maximum absolute atomic E-state index is 5.81. The molecule has 2 rings (SSSR count). The SMILES string of the molecule is CCc1ccc(/C=C/c2nc(C)nc(C(Cl)(Cl)Cl)n2)cc1. The molecule has 3 nitrogen and oxygen atoms in total. The standard InChI is InChI=1S/C15H14Cl3N3/c1-3-11-4-6-12(7-5-11)8-9-13-19-10(2)20-14(21-13)15(16,17)18/h4-9H,3H2,1-2H3/b9-8+. The molecule has 110 valence electrons. The molecule has 21 heavy (non-hydrogen) atoms. The van der Waals surface area contributed by atoms with Gasteiger partial charge in [0.2, 0.25) is 3.79 Å². The molecule has 0 fully saturated rings. The van der Waals surface area contributed by atoms with E-state index in [0.717, 1.165) is 12.0 Å². The van der Waals surface area contributed by atoms with Crippen molar-refractivity contribution in [3.8, 4) is 0 Å². The van der Waals surface area contributed by atoms with E-state index in [4.69, 9.17) is 34.8 Å². The van der Waals surface area contributed by atoms with Gasteiger partial charge in [-0.1, -0.05) is 72.1 Å². The lowest BCUT2D eigenvalue weighted by molar-refractivity contribution is 0.867. The lowest BCUT2D eigenvalue weighted by atomic mass is 10.1. The van der Waals surface area contributed by atoms with Crippen LogP contribution in [0.5, 0.6) is 0 Å². The number of aryl methyl sites for hydroxylation is 2. The van der Waals surface area contributed by atoms with E-state index in [9.17, 15) is 0 Å². The number of alkyl halides is 3.